The summed E-state index contributed by atoms with van der Waals surface area (Å²) in [4.78, 5) is 29.0. The van der Waals surface area contributed by atoms with Crippen LogP contribution in [-0.2, 0) is 32.6 Å². The minimum absolute atomic E-state index is 0.128. The van der Waals surface area contributed by atoms with Gasteiger partial charge >= 0.3 is 0 Å². The predicted molar refractivity (Wildman–Crippen MR) is 152 cm³/mol. The van der Waals surface area contributed by atoms with Crippen LogP contribution in [0.2, 0.25) is 0 Å². The van der Waals surface area contributed by atoms with Gasteiger partial charge in [-0.15, -0.1) is 0 Å². The predicted octanol–water partition coefficient (Wildman–Crippen LogP) is 4.23. The van der Waals surface area contributed by atoms with Gasteiger partial charge in [0.1, 0.15) is 12.6 Å². The molecule has 0 spiro atoms. The third-order valence-corrected chi connectivity index (χ3v) is 7.21. The Bertz CT molecular complexity index is 1320. The third kappa shape index (κ3) is 8.18. The van der Waals surface area contributed by atoms with Crippen LogP contribution >= 0.6 is 0 Å². The standard InChI is InChI=1S/C30H37N3O4S/c1-22(2)31-30(35)28(19-25-12-8-6-9-13-25)32(20-26-14-10-7-11-15-26)29(34)21-33(38(5,36)37)27-17-23(3)16-24(4)18-27/h6-18,22,28H,19-21H2,1-5H3,(H,31,35)/t28-/m0/s1. The molecule has 0 radical (unpaired) electrons. The second-order valence-electron chi connectivity index (χ2n) is 9.99. The second kappa shape index (κ2) is 12.7. The summed E-state index contributed by atoms with van der Waals surface area (Å²) < 4.78 is 26.9. The molecule has 1 N–H and O–H groups in total. The zero-order valence-corrected chi connectivity index (χ0v) is 23.5. The van der Waals surface area contributed by atoms with Crippen molar-refractivity contribution in [2.24, 2.45) is 0 Å². The highest BCUT2D eigenvalue weighted by molar-refractivity contribution is 7.92. The molecule has 1 atom stereocenters. The highest BCUT2D eigenvalue weighted by Crippen LogP contribution is 2.23. The van der Waals surface area contributed by atoms with E-state index in [1.165, 1.54) is 4.90 Å². The molecular formula is C30H37N3O4S. The Labute approximate surface area is 226 Å². The molecule has 8 heteroatoms. The molecule has 2 amide bonds. The molecule has 0 aliphatic heterocycles. The van der Waals surface area contributed by atoms with Gasteiger partial charge in [0.05, 0.1) is 11.9 Å². The maximum atomic E-state index is 14.0. The number of carbonyl (C=O) groups is 2. The summed E-state index contributed by atoms with van der Waals surface area (Å²) in [5, 5.41) is 2.95. The highest BCUT2D eigenvalue weighted by atomic mass is 32.2. The van der Waals surface area contributed by atoms with Crippen molar-refractivity contribution >= 4 is 27.5 Å². The third-order valence-electron chi connectivity index (χ3n) is 6.07. The van der Waals surface area contributed by atoms with E-state index in [1.807, 2.05) is 94.4 Å². The van der Waals surface area contributed by atoms with E-state index in [1.54, 1.807) is 12.1 Å². The minimum Gasteiger partial charge on any atom is -0.352 e. The van der Waals surface area contributed by atoms with Crippen LogP contribution in [0.15, 0.2) is 78.9 Å². The zero-order chi connectivity index (χ0) is 27.9. The Morgan fingerprint density at radius 3 is 1.87 bits per heavy atom. The maximum absolute atomic E-state index is 14.0. The van der Waals surface area contributed by atoms with Crippen LogP contribution in [0, 0.1) is 13.8 Å². The number of benzene rings is 3. The van der Waals surface area contributed by atoms with Crippen LogP contribution in [0.3, 0.4) is 0 Å². The summed E-state index contributed by atoms with van der Waals surface area (Å²) in [6, 6.07) is 23.4. The van der Waals surface area contributed by atoms with Gasteiger partial charge in [-0.1, -0.05) is 66.7 Å². The lowest BCUT2D eigenvalue weighted by atomic mass is 10.0. The SMILES string of the molecule is Cc1cc(C)cc(N(CC(=O)N(Cc2ccccc2)[C@@H](Cc2ccccc2)C(=O)NC(C)C)S(C)(=O)=O)c1. The number of carbonyl (C=O) groups excluding carboxylic acids is 2. The van der Waals surface area contributed by atoms with Gasteiger partial charge in [-0.2, -0.15) is 0 Å². The van der Waals surface area contributed by atoms with E-state index < -0.39 is 28.5 Å². The summed E-state index contributed by atoms with van der Waals surface area (Å²) in [5.41, 5.74) is 3.94. The van der Waals surface area contributed by atoms with E-state index in [9.17, 15) is 18.0 Å². The number of hydrogen-bond acceptors (Lipinski definition) is 4. The lowest BCUT2D eigenvalue weighted by molar-refractivity contribution is -0.140. The largest absolute Gasteiger partial charge is 0.352 e. The van der Waals surface area contributed by atoms with Gasteiger partial charge in [0, 0.05) is 19.0 Å². The number of amides is 2. The minimum atomic E-state index is -3.79. The van der Waals surface area contributed by atoms with Gasteiger partial charge < -0.3 is 10.2 Å². The van der Waals surface area contributed by atoms with E-state index in [4.69, 9.17) is 0 Å². The summed E-state index contributed by atoms with van der Waals surface area (Å²) in [5.74, 6) is -0.747. The van der Waals surface area contributed by atoms with Gasteiger partial charge in [0.2, 0.25) is 21.8 Å². The normalized spacial score (nSPS) is 12.2. The molecule has 3 aromatic rings. The van der Waals surface area contributed by atoms with E-state index in [0.717, 1.165) is 32.8 Å². The Morgan fingerprint density at radius 2 is 1.37 bits per heavy atom. The lowest BCUT2D eigenvalue weighted by Crippen LogP contribution is -2.54. The molecule has 0 fully saturated rings. The van der Waals surface area contributed by atoms with Gasteiger partial charge in [-0.25, -0.2) is 8.42 Å². The van der Waals surface area contributed by atoms with Crippen LogP contribution in [-0.4, -0.2) is 50.0 Å². The monoisotopic (exact) mass is 535 g/mol. The van der Waals surface area contributed by atoms with Crippen LogP contribution in [0.5, 0.6) is 0 Å². The van der Waals surface area contributed by atoms with Crippen LogP contribution in [0.25, 0.3) is 0 Å². The smallest absolute Gasteiger partial charge is 0.244 e. The van der Waals surface area contributed by atoms with Crippen LogP contribution in [0.4, 0.5) is 5.69 Å². The molecule has 202 valence electrons. The van der Waals surface area contributed by atoms with Crippen molar-refractivity contribution in [2.45, 2.75) is 52.7 Å². The number of rotatable bonds is 11. The molecule has 0 saturated carbocycles. The molecule has 3 rings (SSSR count). The van der Waals surface area contributed by atoms with Gasteiger partial charge in [0.25, 0.3) is 0 Å². The molecule has 0 saturated heterocycles. The van der Waals surface area contributed by atoms with Crippen molar-refractivity contribution in [3.63, 3.8) is 0 Å². The van der Waals surface area contributed by atoms with Crippen LogP contribution < -0.4 is 9.62 Å². The van der Waals surface area contributed by atoms with Crippen molar-refractivity contribution < 1.29 is 18.0 Å². The van der Waals surface area contributed by atoms with Gasteiger partial charge in [0.15, 0.2) is 0 Å². The first-order valence-electron chi connectivity index (χ1n) is 12.7. The fourth-order valence-electron chi connectivity index (χ4n) is 4.42. The average molecular weight is 536 g/mol. The Kier molecular flexibility index (Phi) is 9.69. The number of nitrogens with one attached hydrogen (secondary N) is 1. The first-order valence-corrected chi connectivity index (χ1v) is 14.5. The first kappa shape index (κ1) is 28.9. The zero-order valence-electron chi connectivity index (χ0n) is 22.7. The molecule has 0 aliphatic carbocycles. The van der Waals surface area contributed by atoms with Crippen molar-refractivity contribution in [3.8, 4) is 0 Å². The topological polar surface area (TPSA) is 86.8 Å². The molecular weight excluding hydrogens is 498 g/mol. The van der Waals surface area contributed by atoms with Gasteiger partial charge in [-0.3, -0.25) is 13.9 Å². The van der Waals surface area contributed by atoms with E-state index in [2.05, 4.69) is 5.32 Å². The lowest BCUT2D eigenvalue weighted by Gasteiger charge is -2.34. The highest BCUT2D eigenvalue weighted by Gasteiger charge is 2.33. The summed E-state index contributed by atoms with van der Waals surface area (Å²) in [6.07, 6.45) is 1.38. The Morgan fingerprint density at radius 1 is 0.842 bits per heavy atom. The number of sulfonamides is 1. The summed E-state index contributed by atoms with van der Waals surface area (Å²) in [7, 11) is -3.79. The molecule has 0 heterocycles. The van der Waals surface area contributed by atoms with E-state index in [0.29, 0.717) is 12.1 Å². The van der Waals surface area contributed by atoms with E-state index in [-0.39, 0.29) is 18.5 Å². The first-order chi connectivity index (χ1) is 17.9. The Balaban J connectivity index is 2.05. The van der Waals surface area contributed by atoms with E-state index >= 15 is 0 Å². The number of hydrogen-bond donors (Lipinski definition) is 1. The second-order valence-corrected chi connectivity index (χ2v) is 11.9. The van der Waals surface area contributed by atoms with Crippen molar-refractivity contribution in [1.82, 2.24) is 10.2 Å². The average Bonchev–Trinajstić information content (AvgIpc) is 2.84. The molecule has 0 unspecified atom stereocenters. The fraction of sp³-hybridized carbons (Fsp3) is 0.333. The molecule has 0 aromatic heterocycles. The molecule has 38 heavy (non-hydrogen) atoms. The maximum Gasteiger partial charge on any atom is 0.244 e. The van der Waals surface area contributed by atoms with Crippen molar-refractivity contribution in [2.75, 3.05) is 17.1 Å². The number of nitrogens with zero attached hydrogens (tertiary/aromatic N) is 2. The van der Waals surface area contributed by atoms with Crippen molar-refractivity contribution in [1.29, 1.82) is 0 Å². The summed E-state index contributed by atoms with van der Waals surface area (Å²) in [6.45, 7) is 7.24. The molecule has 0 bridgehead atoms. The number of anilines is 1. The Hall–Kier alpha value is -3.65. The summed E-state index contributed by atoms with van der Waals surface area (Å²) >= 11 is 0. The molecule has 7 nitrogen and oxygen atoms in total. The molecule has 3 aromatic carbocycles. The number of aryl methyl sites for hydroxylation is 2. The molecule has 0 aliphatic rings. The van der Waals surface area contributed by atoms with Gasteiger partial charge in [-0.05, 0) is 62.1 Å². The van der Waals surface area contributed by atoms with Crippen molar-refractivity contribution in [3.05, 3.63) is 101 Å². The fourth-order valence-corrected chi connectivity index (χ4v) is 5.26. The van der Waals surface area contributed by atoms with Crippen LogP contribution in [0.1, 0.15) is 36.1 Å². The quantitative estimate of drug-likeness (QED) is 0.398.